The van der Waals surface area contributed by atoms with E-state index in [4.69, 9.17) is 4.42 Å². The lowest BCUT2D eigenvalue weighted by atomic mass is 10.2. The van der Waals surface area contributed by atoms with Crippen LogP contribution in [0.4, 0.5) is 0 Å². The number of amides is 1. The quantitative estimate of drug-likeness (QED) is 0.750. The van der Waals surface area contributed by atoms with Crippen molar-refractivity contribution in [1.82, 2.24) is 10.3 Å². The van der Waals surface area contributed by atoms with Gasteiger partial charge in [-0.25, -0.2) is 9.78 Å². The molecule has 21 heavy (non-hydrogen) atoms. The van der Waals surface area contributed by atoms with Gasteiger partial charge in [-0.2, -0.15) is 0 Å². The summed E-state index contributed by atoms with van der Waals surface area (Å²) in [6.07, 6.45) is 2.36. The first kappa shape index (κ1) is 13.5. The molecule has 0 aliphatic rings. The number of para-hydroxylation sites is 1. The molecule has 5 nitrogen and oxygen atoms in total. The monoisotopic (exact) mass is 300 g/mol. The van der Waals surface area contributed by atoms with Crippen LogP contribution in [0.3, 0.4) is 0 Å². The Labute approximate surface area is 124 Å². The Morgan fingerprint density at radius 1 is 1.33 bits per heavy atom. The Balaban J connectivity index is 1.75. The lowest BCUT2D eigenvalue weighted by Gasteiger charge is -2.04. The number of aromatic nitrogens is 1. The first-order valence-corrected chi connectivity index (χ1v) is 7.31. The Kier molecular flexibility index (Phi) is 3.79. The van der Waals surface area contributed by atoms with Gasteiger partial charge in [0.15, 0.2) is 0 Å². The molecule has 0 aliphatic heterocycles. The van der Waals surface area contributed by atoms with E-state index in [0.717, 1.165) is 10.4 Å². The number of hydrogen-bond acceptors (Lipinski definition) is 5. The van der Waals surface area contributed by atoms with Crippen LogP contribution >= 0.6 is 11.3 Å². The van der Waals surface area contributed by atoms with E-state index < -0.39 is 11.5 Å². The molecule has 1 amide bonds. The Morgan fingerprint density at radius 2 is 2.19 bits per heavy atom. The van der Waals surface area contributed by atoms with Crippen molar-refractivity contribution < 1.29 is 9.21 Å². The molecule has 106 valence electrons. The number of carbonyl (C=O) groups excluding carboxylic acids is 1. The molecule has 2 heterocycles. The van der Waals surface area contributed by atoms with Gasteiger partial charge in [-0.05, 0) is 12.1 Å². The van der Waals surface area contributed by atoms with E-state index in [0.29, 0.717) is 18.5 Å². The van der Waals surface area contributed by atoms with E-state index in [9.17, 15) is 9.59 Å². The van der Waals surface area contributed by atoms with Gasteiger partial charge < -0.3 is 9.73 Å². The molecule has 0 fully saturated rings. The van der Waals surface area contributed by atoms with Crippen molar-refractivity contribution >= 4 is 28.2 Å². The van der Waals surface area contributed by atoms with Crippen LogP contribution < -0.4 is 10.9 Å². The number of benzene rings is 1. The highest BCUT2D eigenvalue weighted by atomic mass is 32.1. The molecule has 1 aromatic carbocycles. The minimum absolute atomic E-state index is 0.0211. The van der Waals surface area contributed by atoms with Gasteiger partial charge in [0, 0.05) is 29.9 Å². The first-order chi connectivity index (χ1) is 10.2. The van der Waals surface area contributed by atoms with Crippen molar-refractivity contribution in [2.24, 2.45) is 0 Å². The zero-order valence-electron chi connectivity index (χ0n) is 11.0. The number of nitrogens with zero attached hydrogens (tertiary/aromatic N) is 1. The highest BCUT2D eigenvalue weighted by Crippen LogP contribution is 2.12. The molecule has 0 atom stereocenters. The Hall–Kier alpha value is -2.47. The summed E-state index contributed by atoms with van der Waals surface area (Å²) in [5.74, 6) is -0.425. The highest BCUT2D eigenvalue weighted by Gasteiger charge is 2.13. The van der Waals surface area contributed by atoms with Crippen LogP contribution in [0.5, 0.6) is 0 Å². The van der Waals surface area contributed by atoms with Gasteiger partial charge in [-0.1, -0.05) is 18.2 Å². The largest absolute Gasteiger partial charge is 0.422 e. The van der Waals surface area contributed by atoms with Gasteiger partial charge in [0.2, 0.25) is 0 Å². The molecule has 0 saturated heterocycles. The zero-order valence-corrected chi connectivity index (χ0v) is 11.9. The second kappa shape index (κ2) is 5.88. The zero-order chi connectivity index (χ0) is 14.7. The molecule has 6 heteroatoms. The van der Waals surface area contributed by atoms with Gasteiger partial charge in [-0.3, -0.25) is 4.79 Å². The predicted molar refractivity (Wildman–Crippen MR) is 80.6 cm³/mol. The summed E-state index contributed by atoms with van der Waals surface area (Å²) in [6, 6.07) is 8.65. The Morgan fingerprint density at radius 3 is 3.00 bits per heavy atom. The molecule has 0 aliphatic carbocycles. The number of thiazole rings is 1. The molecule has 0 spiro atoms. The normalized spacial score (nSPS) is 10.7. The van der Waals surface area contributed by atoms with Crippen molar-refractivity contribution in [2.75, 3.05) is 6.54 Å². The molecular formula is C15H12N2O3S. The molecule has 0 saturated carbocycles. The van der Waals surface area contributed by atoms with Crippen molar-refractivity contribution in [1.29, 1.82) is 0 Å². The number of carbonyl (C=O) groups is 1. The third-order valence-electron chi connectivity index (χ3n) is 2.99. The van der Waals surface area contributed by atoms with Crippen LogP contribution in [0.1, 0.15) is 15.4 Å². The minimum atomic E-state index is -0.625. The maximum atomic E-state index is 12.0. The van der Waals surface area contributed by atoms with Crippen molar-refractivity contribution in [2.45, 2.75) is 6.42 Å². The van der Waals surface area contributed by atoms with E-state index in [2.05, 4.69) is 10.3 Å². The summed E-state index contributed by atoms with van der Waals surface area (Å²) < 4.78 is 5.14. The van der Waals surface area contributed by atoms with Crippen molar-refractivity contribution in [3.05, 3.63) is 62.9 Å². The lowest BCUT2D eigenvalue weighted by molar-refractivity contribution is 0.0950. The first-order valence-electron chi connectivity index (χ1n) is 6.43. The standard InChI is InChI=1S/C15H12N2O3S/c18-14(17-6-5-13-16-7-8-21-13)11-9-10-3-1-2-4-12(10)20-15(11)19/h1-4,7-9H,5-6H2,(H,17,18). The second-order valence-electron chi connectivity index (χ2n) is 4.42. The van der Waals surface area contributed by atoms with E-state index >= 15 is 0 Å². The maximum absolute atomic E-state index is 12.0. The second-order valence-corrected chi connectivity index (χ2v) is 5.40. The van der Waals surface area contributed by atoms with Crippen LogP contribution in [-0.2, 0) is 6.42 Å². The molecule has 1 N–H and O–H groups in total. The fourth-order valence-electron chi connectivity index (χ4n) is 1.97. The average molecular weight is 300 g/mol. The minimum Gasteiger partial charge on any atom is -0.422 e. The number of nitrogens with one attached hydrogen (secondary N) is 1. The van der Waals surface area contributed by atoms with Gasteiger partial charge >= 0.3 is 5.63 Å². The van der Waals surface area contributed by atoms with E-state index in [-0.39, 0.29) is 5.56 Å². The SMILES string of the molecule is O=C(NCCc1nccs1)c1cc2ccccc2oc1=O. The molecule has 0 bridgehead atoms. The summed E-state index contributed by atoms with van der Waals surface area (Å²) >= 11 is 1.53. The topological polar surface area (TPSA) is 72.2 Å². The van der Waals surface area contributed by atoms with Crippen LogP contribution in [0.2, 0.25) is 0 Å². The fraction of sp³-hybridized carbons (Fsp3) is 0.133. The van der Waals surface area contributed by atoms with Crippen LogP contribution in [-0.4, -0.2) is 17.4 Å². The molecule has 0 unspecified atom stereocenters. The molecule has 3 rings (SSSR count). The molecule has 2 aromatic heterocycles. The van der Waals surface area contributed by atoms with Gasteiger partial charge in [0.25, 0.3) is 5.91 Å². The van der Waals surface area contributed by atoms with E-state index in [1.54, 1.807) is 30.5 Å². The average Bonchev–Trinajstić information content (AvgIpc) is 2.99. The van der Waals surface area contributed by atoms with E-state index in [1.807, 2.05) is 11.4 Å². The summed E-state index contributed by atoms with van der Waals surface area (Å²) in [7, 11) is 0. The summed E-state index contributed by atoms with van der Waals surface area (Å²) in [5, 5.41) is 6.26. The summed E-state index contributed by atoms with van der Waals surface area (Å²) in [4.78, 5) is 28.0. The lowest BCUT2D eigenvalue weighted by Crippen LogP contribution is -2.29. The highest BCUT2D eigenvalue weighted by molar-refractivity contribution is 7.09. The van der Waals surface area contributed by atoms with Gasteiger partial charge in [0.1, 0.15) is 11.1 Å². The number of rotatable bonds is 4. The molecule has 3 aromatic rings. The summed E-state index contributed by atoms with van der Waals surface area (Å²) in [6.45, 7) is 0.429. The number of fused-ring (bicyclic) bond motifs is 1. The van der Waals surface area contributed by atoms with Crippen LogP contribution in [0.25, 0.3) is 11.0 Å². The van der Waals surface area contributed by atoms with Crippen molar-refractivity contribution in [3.8, 4) is 0 Å². The third-order valence-corrected chi connectivity index (χ3v) is 3.83. The van der Waals surface area contributed by atoms with Crippen LogP contribution in [0, 0.1) is 0 Å². The molecular weight excluding hydrogens is 288 g/mol. The third kappa shape index (κ3) is 3.00. The summed E-state index contributed by atoms with van der Waals surface area (Å²) in [5.41, 5.74) is -0.130. The smallest absolute Gasteiger partial charge is 0.349 e. The van der Waals surface area contributed by atoms with Crippen molar-refractivity contribution in [3.63, 3.8) is 0 Å². The number of hydrogen-bond donors (Lipinski definition) is 1. The maximum Gasteiger partial charge on any atom is 0.349 e. The predicted octanol–water partition coefficient (Wildman–Crippen LogP) is 2.22. The van der Waals surface area contributed by atoms with Gasteiger partial charge in [0.05, 0.1) is 5.01 Å². The Bertz CT molecular complexity index is 824. The van der Waals surface area contributed by atoms with Crippen LogP contribution in [0.15, 0.2) is 51.1 Å². The fourth-order valence-corrected chi connectivity index (χ4v) is 2.60. The van der Waals surface area contributed by atoms with E-state index in [1.165, 1.54) is 11.3 Å². The van der Waals surface area contributed by atoms with Gasteiger partial charge in [-0.15, -0.1) is 11.3 Å². The molecule has 0 radical (unpaired) electrons.